The van der Waals surface area contributed by atoms with Crippen LogP contribution in [0.1, 0.15) is 30.0 Å². The van der Waals surface area contributed by atoms with Gasteiger partial charge in [0.15, 0.2) is 17.3 Å². The lowest BCUT2D eigenvalue weighted by molar-refractivity contribution is -0.142. The summed E-state index contributed by atoms with van der Waals surface area (Å²) in [7, 11) is 0. The fourth-order valence-corrected chi connectivity index (χ4v) is 2.65. The van der Waals surface area contributed by atoms with Crippen molar-refractivity contribution in [3.63, 3.8) is 0 Å². The molecule has 29 heavy (non-hydrogen) atoms. The van der Waals surface area contributed by atoms with Crippen LogP contribution < -0.4 is 20.1 Å². The van der Waals surface area contributed by atoms with E-state index in [1.807, 2.05) is 0 Å². The summed E-state index contributed by atoms with van der Waals surface area (Å²) in [6.07, 6.45) is 2.74. The molecule has 9 heteroatoms. The molecular weight excluding hydrogens is 380 g/mol. The molecule has 0 unspecified atom stereocenters. The van der Waals surface area contributed by atoms with E-state index in [2.05, 4.69) is 10.6 Å². The van der Waals surface area contributed by atoms with Gasteiger partial charge >= 0.3 is 5.97 Å². The van der Waals surface area contributed by atoms with Crippen LogP contribution in [-0.4, -0.2) is 35.7 Å². The zero-order valence-electron chi connectivity index (χ0n) is 15.8. The molecule has 1 atom stereocenters. The molecule has 1 aliphatic rings. The van der Waals surface area contributed by atoms with E-state index >= 15 is 0 Å². The van der Waals surface area contributed by atoms with Gasteiger partial charge in [-0.3, -0.25) is 9.59 Å². The average Bonchev–Trinajstić information content (AvgIpc) is 3.36. The summed E-state index contributed by atoms with van der Waals surface area (Å²) in [5.74, 6) is -1.84. The Hall–Kier alpha value is -3.75. The van der Waals surface area contributed by atoms with Crippen molar-refractivity contribution >= 4 is 23.9 Å². The van der Waals surface area contributed by atoms with E-state index in [-0.39, 0.29) is 24.2 Å². The number of rotatable bonds is 7. The number of carboxylic acid groups (broad SMARTS) is 1. The zero-order valence-corrected chi connectivity index (χ0v) is 15.8. The summed E-state index contributed by atoms with van der Waals surface area (Å²) in [5, 5.41) is 14.2. The first-order valence-corrected chi connectivity index (χ1v) is 8.85. The number of furan rings is 1. The fraction of sp³-hybridized carbons (Fsp3) is 0.250. The number of aliphatic carboxylic acids is 1. The molecule has 2 heterocycles. The quantitative estimate of drug-likeness (QED) is 0.607. The van der Waals surface area contributed by atoms with Gasteiger partial charge in [0, 0.05) is 0 Å². The van der Waals surface area contributed by atoms with Crippen LogP contribution >= 0.6 is 0 Å². The van der Waals surface area contributed by atoms with Gasteiger partial charge in [0.25, 0.3) is 11.8 Å². The first-order chi connectivity index (χ1) is 13.8. The number of fused-ring (bicyclic) bond motifs is 1. The lowest BCUT2D eigenvalue weighted by Crippen LogP contribution is -2.47. The third-order valence-corrected chi connectivity index (χ3v) is 4.16. The molecule has 1 aromatic carbocycles. The molecule has 0 radical (unpaired) electrons. The number of carboxylic acids is 1. The normalized spacial score (nSPS) is 13.8. The Bertz CT molecular complexity index is 948. The number of nitrogens with one attached hydrogen (secondary N) is 2. The van der Waals surface area contributed by atoms with Crippen LogP contribution in [0.15, 0.2) is 46.7 Å². The molecule has 3 N–H and O–H groups in total. The summed E-state index contributed by atoms with van der Waals surface area (Å²) < 4.78 is 15.6. The Morgan fingerprint density at radius 3 is 2.55 bits per heavy atom. The van der Waals surface area contributed by atoms with Crippen molar-refractivity contribution in [2.45, 2.75) is 19.9 Å². The smallest absolute Gasteiger partial charge is 0.326 e. The highest BCUT2D eigenvalue weighted by Crippen LogP contribution is 2.33. The highest BCUT2D eigenvalue weighted by molar-refractivity contribution is 6.05. The topological polar surface area (TPSA) is 127 Å². The third kappa shape index (κ3) is 4.75. The lowest BCUT2D eigenvalue weighted by Gasteiger charge is -2.19. The highest BCUT2D eigenvalue weighted by atomic mass is 16.7. The predicted octanol–water partition coefficient (Wildman–Crippen LogP) is 2.00. The van der Waals surface area contributed by atoms with E-state index in [9.17, 15) is 19.5 Å². The molecule has 3 rings (SSSR count). The van der Waals surface area contributed by atoms with Crippen molar-refractivity contribution < 1.29 is 33.4 Å². The van der Waals surface area contributed by atoms with E-state index in [4.69, 9.17) is 13.9 Å². The maximum absolute atomic E-state index is 12.8. The molecule has 9 nitrogen and oxygen atoms in total. The standard InChI is InChI=1S/C20H20N2O7/c1-11(2)17(20(25)26)22-18(23)13(21-19(24)15-4-3-7-27-15)8-12-5-6-14-16(9-12)29-10-28-14/h3-9,11,17H,10H2,1-2H3,(H,21,24)(H,22,23)(H,25,26)/b13-8-/t17-/m1/s1. The van der Waals surface area contributed by atoms with Crippen molar-refractivity contribution in [1.82, 2.24) is 10.6 Å². The van der Waals surface area contributed by atoms with Crippen molar-refractivity contribution in [3.05, 3.63) is 53.6 Å². The first-order valence-electron chi connectivity index (χ1n) is 8.85. The molecule has 2 aromatic rings. The van der Waals surface area contributed by atoms with Crippen LogP contribution in [-0.2, 0) is 9.59 Å². The average molecular weight is 400 g/mol. The van der Waals surface area contributed by atoms with E-state index in [0.717, 1.165) is 0 Å². The van der Waals surface area contributed by atoms with Gasteiger partial charge in [-0.05, 0) is 41.8 Å². The lowest BCUT2D eigenvalue weighted by atomic mass is 10.0. The second-order valence-electron chi connectivity index (χ2n) is 6.64. The Balaban J connectivity index is 1.89. The van der Waals surface area contributed by atoms with Gasteiger partial charge in [-0.25, -0.2) is 4.79 Å². The van der Waals surface area contributed by atoms with Gasteiger partial charge < -0.3 is 29.6 Å². The second-order valence-corrected chi connectivity index (χ2v) is 6.64. The SMILES string of the molecule is CC(C)[C@@H](NC(=O)/C(=C/c1ccc2c(c1)OCO2)NC(=O)c1ccco1)C(=O)O. The molecular formula is C20H20N2O7. The van der Waals surface area contributed by atoms with E-state index in [1.54, 1.807) is 32.0 Å². The van der Waals surface area contributed by atoms with Crippen LogP contribution in [0.3, 0.4) is 0 Å². The largest absolute Gasteiger partial charge is 0.480 e. The third-order valence-electron chi connectivity index (χ3n) is 4.16. The summed E-state index contributed by atoms with van der Waals surface area (Å²) in [6, 6.07) is 6.85. The van der Waals surface area contributed by atoms with Crippen molar-refractivity contribution in [3.8, 4) is 11.5 Å². The Morgan fingerprint density at radius 2 is 1.90 bits per heavy atom. The van der Waals surface area contributed by atoms with Gasteiger partial charge in [-0.2, -0.15) is 0 Å². The minimum atomic E-state index is -1.17. The van der Waals surface area contributed by atoms with Gasteiger partial charge in [0.2, 0.25) is 6.79 Å². The number of hydrogen-bond donors (Lipinski definition) is 3. The van der Waals surface area contributed by atoms with Crippen LogP contribution in [0.4, 0.5) is 0 Å². The molecule has 0 spiro atoms. The number of benzene rings is 1. The number of carbonyl (C=O) groups excluding carboxylic acids is 2. The van der Waals surface area contributed by atoms with E-state index in [0.29, 0.717) is 17.1 Å². The number of amides is 2. The van der Waals surface area contributed by atoms with Crippen molar-refractivity contribution in [2.24, 2.45) is 5.92 Å². The highest BCUT2D eigenvalue weighted by Gasteiger charge is 2.26. The molecule has 0 bridgehead atoms. The van der Waals surface area contributed by atoms with E-state index < -0.39 is 23.8 Å². The Morgan fingerprint density at radius 1 is 1.14 bits per heavy atom. The van der Waals surface area contributed by atoms with Gasteiger partial charge in [-0.15, -0.1) is 0 Å². The number of ether oxygens (including phenoxy) is 2. The maximum atomic E-state index is 12.8. The molecule has 152 valence electrons. The molecule has 0 fully saturated rings. The second kappa shape index (κ2) is 8.51. The van der Waals surface area contributed by atoms with Crippen LogP contribution in [0, 0.1) is 5.92 Å². The van der Waals surface area contributed by atoms with Crippen LogP contribution in [0.5, 0.6) is 11.5 Å². The van der Waals surface area contributed by atoms with E-state index in [1.165, 1.54) is 24.5 Å². The Kier molecular flexibility index (Phi) is 5.87. The molecule has 0 aliphatic carbocycles. The number of carbonyl (C=O) groups is 3. The van der Waals surface area contributed by atoms with Crippen molar-refractivity contribution in [2.75, 3.05) is 6.79 Å². The minimum Gasteiger partial charge on any atom is -0.480 e. The molecule has 2 amide bonds. The summed E-state index contributed by atoms with van der Waals surface area (Å²) in [5.41, 5.74) is 0.410. The van der Waals surface area contributed by atoms with Crippen LogP contribution in [0.25, 0.3) is 6.08 Å². The summed E-state index contributed by atoms with van der Waals surface area (Å²) in [6.45, 7) is 3.43. The fourth-order valence-electron chi connectivity index (χ4n) is 2.65. The van der Waals surface area contributed by atoms with Gasteiger partial charge in [-0.1, -0.05) is 19.9 Å². The van der Waals surface area contributed by atoms with Crippen LogP contribution in [0.2, 0.25) is 0 Å². The zero-order chi connectivity index (χ0) is 21.0. The molecule has 0 saturated carbocycles. The summed E-state index contributed by atoms with van der Waals surface area (Å²) >= 11 is 0. The molecule has 0 saturated heterocycles. The molecule has 1 aliphatic heterocycles. The molecule has 1 aromatic heterocycles. The minimum absolute atomic E-state index is 0.00744. The monoisotopic (exact) mass is 400 g/mol. The summed E-state index contributed by atoms with van der Waals surface area (Å²) in [4.78, 5) is 36.6. The van der Waals surface area contributed by atoms with Crippen molar-refractivity contribution in [1.29, 1.82) is 0 Å². The Labute approximate surface area is 166 Å². The van der Waals surface area contributed by atoms with Gasteiger partial charge in [0.1, 0.15) is 11.7 Å². The number of hydrogen-bond acceptors (Lipinski definition) is 6. The maximum Gasteiger partial charge on any atom is 0.326 e. The van der Waals surface area contributed by atoms with Gasteiger partial charge in [0.05, 0.1) is 6.26 Å². The predicted molar refractivity (Wildman–Crippen MR) is 101 cm³/mol. The first kappa shape index (κ1) is 20.0.